The molecule has 2 aromatic heterocycles. The fourth-order valence-electron chi connectivity index (χ4n) is 2.30. The van der Waals surface area contributed by atoms with E-state index >= 15 is 0 Å². The molecule has 130 valence electrons. The minimum absolute atomic E-state index is 0.132. The average Bonchev–Trinajstić information content (AvgIpc) is 3.32. The summed E-state index contributed by atoms with van der Waals surface area (Å²) in [4.78, 5) is 4.45. The van der Waals surface area contributed by atoms with Gasteiger partial charge in [-0.3, -0.25) is 0 Å². The number of thioether (sulfide) groups is 1. The smallest absolute Gasteiger partial charge is 0.277 e. The van der Waals surface area contributed by atoms with Crippen LogP contribution in [-0.2, 0) is 0 Å². The lowest BCUT2D eigenvalue weighted by molar-refractivity contribution is 0.379. The Balaban J connectivity index is 1.49. The van der Waals surface area contributed by atoms with Gasteiger partial charge >= 0.3 is 0 Å². The highest BCUT2D eigenvalue weighted by Gasteiger charge is 2.20. The van der Waals surface area contributed by atoms with Crippen molar-refractivity contribution >= 4 is 23.4 Å². The van der Waals surface area contributed by atoms with Gasteiger partial charge in [-0.25, -0.2) is 0 Å². The molecule has 6 nitrogen and oxygen atoms in total. The minimum Gasteiger partial charge on any atom is -0.411 e. The third kappa shape index (κ3) is 3.63. The van der Waals surface area contributed by atoms with Crippen LogP contribution in [0.15, 0.2) is 68.8 Å². The summed E-state index contributed by atoms with van der Waals surface area (Å²) in [6.07, 6.45) is 0. The quantitative estimate of drug-likeness (QED) is 0.432. The van der Waals surface area contributed by atoms with Crippen molar-refractivity contribution in [2.75, 3.05) is 0 Å². The highest BCUT2D eigenvalue weighted by molar-refractivity contribution is 7.99. The topological polar surface area (TPSA) is 77.8 Å². The molecular weight excluding hydrogens is 372 g/mol. The first-order valence-electron chi connectivity index (χ1n) is 7.84. The SMILES string of the molecule is C[C@H](Sc1nnc(-c2cccc(Cl)c2)o1)c1nc(-c2ccccc2)no1. The summed E-state index contributed by atoms with van der Waals surface area (Å²) in [5.41, 5.74) is 1.68. The van der Waals surface area contributed by atoms with Gasteiger partial charge in [-0.1, -0.05) is 64.9 Å². The number of nitrogens with zero attached hydrogens (tertiary/aromatic N) is 4. The lowest BCUT2D eigenvalue weighted by Gasteiger charge is -2.01. The lowest BCUT2D eigenvalue weighted by atomic mass is 10.2. The Morgan fingerprint density at radius 2 is 1.81 bits per heavy atom. The van der Waals surface area contributed by atoms with Crippen LogP contribution in [0.25, 0.3) is 22.8 Å². The molecule has 0 saturated carbocycles. The molecule has 1 atom stereocenters. The number of rotatable bonds is 5. The Bertz CT molecular complexity index is 1020. The fourth-order valence-corrected chi connectivity index (χ4v) is 3.21. The predicted octanol–water partition coefficient (Wildman–Crippen LogP) is 5.29. The van der Waals surface area contributed by atoms with Crippen LogP contribution in [0.1, 0.15) is 18.1 Å². The molecule has 26 heavy (non-hydrogen) atoms. The largest absolute Gasteiger partial charge is 0.411 e. The highest BCUT2D eigenvalue weighted by Crippen LogP contribution is 2.35. The number of halogens is 1. The summed E-state index contributed by atoms with van der Waals surface area (Å²) in [6.45, 7) is 1.94. The molecule has 0 unspecified atom stereocenters. The average molecular weight is 385 g/mol. The van der Waals surface area contributed by atoms with Crippen LogP contribution < -0.4 is 0 Å². The minimum atomic E-state index is -0.132. The molecule has 0 N–H and O–H groups in total. The van der Waals surface area contributed by atoms with Gasteiger partial charge in [-0.05, 0) is 25.1 Å². The van der Waals surface area contributed by atoms with E-state index in [1.807, 2.05) is 49.4 Å². The maximum absolute atomic E-state index is 6.00. The number of hydrogen-bond acceptors (Lipinski definition) is 7. The van der Waals surface area contributed by atoms with Crippen molar-refractivity contribution in [3.63, 3.8) is 0 Å². The predicted molar refractivity (Wildman–Crippen MR) is 98.8 cm³/mol. The van der Waals surface area contributed by atoms with Gasteiger partial charge in [-0.2, -0.15) is 4.98 Å². The van der Waals surface area contributed by atoms with Crippen LogP contribution in [0, 0.1) is 0 Å². The van der Waals surface area contributed by atoms with Crippen LogP contribution >= 0.6 is 23.4 Å². The molecule has 0 aliphatic heterocycles. The summed E-state index contributed by atoms with van der Waals surface area (Å²) in [6, 6.07) is 16.9. The maximum Gasteiger partial charge on any atom is 0.277 e. The van der Waals surface area contributed by atoms with E-state index in [1.54, 1.807) is 12.1 Å². The first-order chi connectivity index (χ1) is 12.7. The summed E-state index contributed by atoms with van der Waals surface area (Å²) in [5.74, 6) is 1.47. The zero-order chi connectivity index (χ0) is 17.9. The van der Waals surface area contributed by atoms with Gasteiger partial charge in [0.25, 0.3) is 5.22 Å². The first kappa shape index (κ1) is 16.8. The van der Waals surface area contributed by atoms with Gasteiger partial charge in [0, 0.05) is 16.1 Å². The molecule has 0 bridgehead atoms. The molecule has 2 heterocycles. The van der Waals surface area contributed by atoms with Crippen molar-refractivity contribution in [1.82, 2.24) is 20.3 Å². The van der Waals surface area contributed by atoms with Gasteiger partial charge in [0.1, 0.15) is 0 Å². The lowest BCUT2D eigenvalue weighted by Crippen LogP contribution is -1.89. The molecule has 0 aliphatic rings. The van der Waals surface area contributed by atoms with Crippen LogP contribution in [0.2, 0.25) is 5.02 Å². The van der Waals surface area contributed by atoms with Crippen molar-refractivity contribution in [2.24, 2.45) is 0 Å². The molecule has 0 fully saturated rings. The van der Waals surface area contributed by atoms with E-state index in [9.17, 15) is 0 Å². The van der Waals surface area contributed by atoms with Crippen molar-refractivity contribution in [3.05, 3.63) is 65.5 Å². The van der Waals surface area contributed by atoms with Gasteiger partial charge in [0.15, 0.2) is 0 Å². The third-order valence-corrected chi connectivity index (χ3v) is 4.73. The Labute approximate surface area is 158 Å². The van der Waals surface area contributed by atoms with Crippen molar-refractivity contribution < 1.29 is 8.94 Å². The second-order valence-corrected chi connectivity index (χ2v) is 7.19. The number of aromatic nitrogens is 4. The molecule has 0 radical (unpaired) electrons. The first-order valence-corrected chi connectivity index (χ1v) is 9.10. The Morgan fingerprint density at radius 3 is 2.62 bits per heavy atom. The molecular formula is C18H13ClN4O2S. The molecule has 2 aromatic carbocycles. The Morgan fingerprint density at radius 1 is 1.00 bits per heavy atom. The van der Waals surface area contributed by atoms with Crippen molar-refractivity contribution in [1.29, 1.82) is 0 Å². The van der Waals surface area contributed by atoms with Gasteiger partial charge in [0.2, 0.25) is 17.6 Å². The molecule has 0 saturated heterocycles. The molecule has 4 rings (SSSR count). The molecule has 4 aromatic rings. The van der Waals surface area contributed by atoms with Crippen LogP contribution in [0.4, 0.5) is 0 Å². The van der Waals surface area contributed by atoms with E-state index in [4.69, 9.17) is 20.5 Å². The monoisotopic (exact) mass is 384 g/mol. The van der Waals surface area contributed by atoms with E-state index in [-0.39, 0.29) is 5.25 Å². The maximum atomic E-state index is 6.00. The third-order valence-electron chi connectivity index (χ3n) is 3.58. The van der Waals surface area contributed by atoms with E-state index < -0.39 is 0 Å². The summed E-state index contributed by atoms with van der Waals surface area (Å²) < 4.78 is 11.1. The standard InChI is InChI=1S/C18H13ClN4O2S/c1-11(16-20-15(23-25-16)12-6-3-2-4-7-12)26-18-22-21-17(24-18)13-8-5-9-14(19)10-13/h2-11H,1H3/t11-/m0/s1. The zero-order valence-electron chi connectivity index (χ0n) is 13.7. The van der Waals surface area contributed by atoms with E-state index in [2.05, 4.69) is 20.3 Å². The molecule has 0 aliphatic carbocycles. The Kier molecular flexibility index (Phi) is 4.73. The summed E-state index contributed by atoms with van der Waals surface area (Å²) in [7, 11) is 0. The fraction of sp³-hybridized carbons (Fsp3) is 0.111. The molecule has 8 heteroatoms. The van der Waals surface area contributed by atoms with E-state index in [1.165, 1.54) is 11.8 Å². The van der Waals surface area contributed by atoms with E-state index in [0.717, 1.165) is 11.1 Å². The number of benzene rings is 2. The molecule has 0 spiro atoms. The summed E-state index contributed by atoms with van der Waals surface area (Å²) >= 11 is 7.35. The van der Waals surface area contributed by atoms with Crippen LogP contribution in [0.3, 0.4) is 0 Å². The number of hydrogen-bond donors (Lipinski definition) is 0. The van der Waals surface area contributed by atoms with Crippen LogP contribution in [-0.4, -0.2) is 20.3 Å². The second kappa shape index (κ2) is 7.31. The second-order valence-electron chi connectivity index (χ2n) is 5.47. The molecule has 0 amide bonds. The van der Waals surface area contributed by atoms with Gasteiger partial charge < -0.3 is 8.94 Å². The van der Waals surface area contributed by atoms with E-state index in [0.29, 0.717) is 27.9 Å². The summed E-state index contributed by atoms with van der Waals surface area (Å²) in [5, 5.41) is 13.1. The van der Waals surface area contributed by atoms with Gasteiger partial charge in [0.05, 0.1) is 5.25 Å². The van der Waals surface area contributed by atoms with Crippen molar-refractivity contribution in [2.45, 2.75) is 17.4 Å². The van der Waals surface area contributed by atoms with Crippen LogP contribution in [0.5, 0.6) is 0 Å². The normalized spacial score (nSPS) is 12.2. The van der Waals surface area contributed by atoms with Gasteiger partial charge in [-0.15, -0.1) is 10.2 Å². The highest BCUT2D eigenvalue weighted by atomic mass is 35.5. The zero-order valence-corrected chi connectivity index (χ0v) is 15.2. The Hall–Kier alpha value is -2.64. The van der Waals surface area contributed by atoms with Crippen molar-refractivity contribution in [3.8, 4) is 22.8 Å².